The number of aryl methyl sites for hydroxylation is 2. The van der Waals surface area contributed by atoms with Crippen molar-refractivity contribution in [2.24, 2.45) is 0 Å². The lowest BCUT2D eigenvalue weighted by Gasteiger charge is -2.31. The molecule has 1 aliphatic heterocycles. The van der Waals surface area contributed by atoms with Gasteiger partial charge in [-0.1, -0.05) is 29.8 Å². The van der Waals surface area contributed by atoms with Crippen LogP contribution in [-0.4, -0.2) is 40.8 Å². The van der Waals surface area contributed by atoms with Crippen LogP contribution in [0.4, 0.5) is 0 Å². The summed E-state index contributed by atoms with van der Waals surface area (Å²) in [6.07, 6.45) is 6.66. The van der Waals surface area contributed by atoms with Gasteiger partial charge in [-0.05, 0) is 49.9 Å². The number of pyridine rings is 1. The fourth-order valence-electron chi connectivity index (χ4n) is 4.05. The Bertz CT molecular complexity index is 1120. The highest BCUT2D eigenvalue weighted by Crippen LogP contribution is 2.31. The summed E-state index contributed by atoms with van der Waals surface area (Å²) >= 11 is 0. The van der Waals surface area contributed by atoms with Crippen molar-refractivity contribution in [3.8, 4) is 11.1 Å². The van der Waals surface area contributed by atoms with E-state index in [1.54, 1.807) is 16.7 Å². The van der Waals surface area contributed by atoms with Gasteiger partial charge in [0.1, 0.15) is 6.33 Å². The molecule has 7 heteroatoms. The molecule has 0 bridgehead atoms. The summed E-state index contributed by atoms with van der Waals surface area (Å²) in [5.41, 5.74) is 5.89. The van der Waals surface area contributed by atoms with Gasteiger partial charge >= 0.3 is 0 Å². The lowest BCUT2D eigenvalue weighted by atomic mass is 9.92. The zero-order valence-electron chi connectivity index (χ0n) is 17.3. The van der Waals surface area contributed by atoms with E-state index in [0.29, 0.717) is 13.1 Å². The van der Waals surface area contributed by atoms with E-state index in [2.05, 4.69) is 16.0 Å². The minimum Gasteiger partial charge on any atom is -0.258 e. The minimum atomic E-state index is -3.32. The van der Waals surface area contributed by atoms with Gasteiger partial charge in [0.15, 0.2) is 0 Å². The number of nitrogens with zero attached hydrogens (tertiary/aromatic N) is 4. The van der Waals surface area contributed by atoms with Gasteiger partial charge in [-0.25, -0.2) is 22.7 Å². The SMILES string of the molecule is Cc1cccc(CS(=O)(=O)N2CCC(c3cc(-c4cncnc4)cc(C)n3)CC2)c1. The largest absolute Gasteiger partial charge is 0.258 e. The van der Waals surface area contributed by atoms with Gasteiger partial charge in [-0.3, -0.25) is 4.98 Å². The topological polar surface area (TPSA) is 76.1 Å². The van der Waals surface area contributed by atoms with Crippen molar-refractivity contribution in [2.45, 2.75) is 38.4 Å². The van der Waals surface area contributed by atoms with Crippen LogP contribution in [0.1, 0.15) is 41.3 Å². The summed E-state index contributed by atoms with van der Waals surface area (Å²) in [5, 5.41) is 0. The maximum atomic E-state index is 12.9. The van der Waals surface area contributed by atoms with Gasteiger partial charge in [0, 0.05) is 48.4 Å². The van der Waals surface area contributed by atoms with Gasteiger partial charge in [0.2, 0.25) is 10.0 Å². The molecule has 2 aromatic heterocycles. The molecular weight excluding hydrogens is 396 g/mol. The number of benzene rings is 1. The molecule has 0 aliphatic carbocycles. The van der Waals surface area contributed by atoms with Crippen LogP contribution in [0, 0.1) is 13.8 Å². The Kier molecular flexibility index (Phi) is 5.92. The van der Waals surface area contributed by atoms with Crippen molar-refractivity contribution in [2.75, 3.05) is 13.1 Å². The molecule has 1 aliphatic rings. The van der Waals surface area contributed by atoms with E-state index in [9.17, 15) is 8.42 Å². The molecule has 0 amide bonds. The fraction of sp³-hybridized carbons (Fsp3) is 0.348. The first-order valence-corrected chi connectivity index (χ1v) is 11.8. The summed E-state index contributed by atoms with van der Waals surface area (Å²) in [7, 11) is -3.32. The quantitative estimate of drug-likeness (QED) is 0.624. The van der Waals surface area contributed by atoms with Crippen LogP contribution in [0.25, 0.3) is 11.1 Å². The third-order valence-corrected chi connectivity index (χ3v) is 7.41. The van der Waals surface area contributed by atoms with E-state index >= 15 is 0 Å². The lowest BCUT2D eigenvalue weighted by molar-refractivity contribution is 0.316. The lowest BCUT2D eigenvalue weighted by Crippen LogP contribution is -2.38. The van der Waals surface area contributed by atoms with Crippen LogP contribution in [-0.2, 0) is 15.8 Å². The van der Waals surface area contributed by atoms with Crippen LogP contribution in [0.3, 0.4) is 0 Å². The van der Waals surface area contributed by atoms with Gasteiger partial charge < -0.3 is 0 Å². The van der Waals surface area contributed by atoms with Crippen molar-refractivity contribution in [3.05, 3.63) is 77.6 Å². The van der Waals surface area contributed by atoms with Crippen molar-refractivity contribution >= 4 is 10.0 Å². The molecule has 0 atom stereocenters. The van der Waals surface area contributed by atoms with E-state index in [1.165, 1.54) is 6.33 Å². The number of aromatic nitrogens is 3. The molecule has 156 valence electrons. The number of hydrogen-bond donors (Lipinski definition) is 0. The Morgan fingerprint density at radius 1 is 1.00 bits per heavy atom. The third-order valence-electron chi connectivity index (χ3n) is 5.56. The molecule has 3 heterocycles. The molecule has 0 saturated carbocycles. The van der Waals surface area contributed by atoms with Crippen LogP contribution >= 0.6 is 0 Å². The van der Waals surface area contributed by atoms with Crippen LogP contribution < -0.4 is 0 Å². The first-order valence-electron chi connectivity index (χ1n) is 10.2. The number of hydrogen-bond acceptors (Lipinski definition) is 5. The van der Waals surface area contributed by atoms with E-state index in [1.807, 2.05) is 44.2 Å². The predicted octanol–water partition coefficient (Wildman–Crippen LogP) is 3.86. The molecule has 1 aromatic carbocycles. The first kappa shape index (κ1) is 20.6. The molecule has 1 fully saturated rings. The highest BCUT2D eigenvalue weighted by atomic mass is 32.2. The molecule has 0 unspecified atom stereocenters. The minimum absolute atomic E-state index is 0.0558. The Labute approximate surface area is 178 Å². The average molecular weight is 423 g/mol. The molecule has 3 aromatic rings. The summed E-state index contributed by atoms with van der Waals surface area (Å²) in [4.78, 5) is 12.9. The second-order valence-corrected chi connectivity index (χ2v) is 9.94. The number of rotatable bonds is 5. The van der Waals surface area contributed by atoms with E-state index in [-0.39, 0.29) is 11.7 Å². The molecule has 0 N–H and O–H groups in total. The standard InChI is InChI=1S/C23H26N4O2S/c1-17-4-3-5-19(10-17)15-30(28,29)27-8-6-20(7-9-27)23-12-21(11-18(2)26-23)22-13-24-16-25-14-22/h3-5,10-14,16,20H,6-9,15H2,1-2H3. The number of piperidine rings is 1. The van der Waals surface area contributed by atoms with Gasteiger partial charge in [0.05, 0.1) is 5.75 Å². The molecule has 6 nitrogen and oxygen atoms in total. The van der Waals surface area contributed by atoms with E-state index in [4.69, 9.17) is 4.98 Å². The van der Waals surface area contributed by atoms with Gasteiger partial charge in [0.25, 0.3) is 0 Å². The van der Waals surface area contributed by atoms with Crippen LogP contribution in [0.5, 0.6) is 0 Å². The Hall–Kier alpha value is -2.64. The maximum absolute atomic E-state index is 12.9. The second-order valence-electron chi connectivity index (χ2n) is 7.97. The van der Waals surface area contributed by atoms with E-state index < -0.39 is 10.0 Å². The second kappa shape index (κ2) is 8.62. The van der Waals surface area contributed by atoms with Crippen molar-refractivity contribution < 1.29 is 8.42 Å². The summed E-state index contributed by atoms with van der Waals surface area (Å²) < 4.78 is 27.4. The summed E-state index contributed by atoms with van der Waals surface area (Å²) in [6.45, 7) is 5.01. The molecule has 0 radical (unpaired) electrons. The Morgan fingerprint density at radius 2 is 1.73 bits per heavy atom. The Morgan fingerprint density at radius 3 is 2.43 bits per heavy atom. The van der Waals surface area contributed by atoms with Crippen LogP contribution in [0.2, 0.25) is 0 Å². The van der Waals surface area contributed by atoms with Gasteiger partial charge in [-0.2, -0.15) is 0 Å². The predicted molar refractivity (Wildman–Crippen MR) is 117 cm³/mol. The summed E-state index contributed by atoms with van der Waals surface area (Å²) in [6, 6.07) is 11.8. The monoisotopic (exact) mass is 422 g/mol. The van der Waals surface area contributed by atoms with Crippen molar-refractivity contribution in [1.82, 2.24) is 19.3 Å². The van der Waals surface area contributed by atoms with Crippen molar-refractivity contribution in [3.63, 3.8) is 0 Å². The number of sulfonamides is 1. The van der Waals surface area contributed by atoms with Crippen LogP contribution in [0.15, 0.2) is 55.1 Å². The third kappa shape index (κ3) is 4.74. The Balaban J connectivity index is 1.46. The zero-order valence-corrected chi connectivity index (χ0v) is 18.1. The average Bonchev–Trinajstić information content (AvgIpc) is 2.74. The van der Waals surface area contributed by atoms with Gasteiger partial charge in [-0.15, -0.1) is 0 Å². The molecule has 30 heavy (non-hydrogen) atoms. The molecular formula is C23H26N4O2S. The highest BCUT2D eigenvalue weighted by Gasteiger charge is 2.29. The first-order chi connectivity index (χ1) is 14.4. The molecule has 4 rings (SSSR count). The maximum Gasteiger partial charge on any atom is 0.218 e. The molecule has 0 spiro atoms. The van der Waals surface area contributed by atoms with Crippen molar-refractivity contribution in [1.29, 1.82) is 0 Å². The smallest absolute Gasteiger partial charge is 0.218 e. The fourth-order valence-corrected chi connectivity index (χ4v) is 5.60. The normalized spacial score (nSPS) is 15.9. The highest BCUT2D eigenvalue weighted by molar-refractivity contribution is 7.88. The zero-order chi connectivity index (χ0) is 21.1. The van der Waals surface area contributed by atoms with E-state index in [0.717, 1.165) is 46.5 Å². The molecule has 1 saturated heterocycles. The summed E-state index contributed by atoms with van der Waals surface area (Å²) in [5.74, 6) is 0.305.